The van der Waals surface area contributed by atoms with E-state index in [2.05, 4.69) is 25.6 Å². The highest BCUT2D eigenvalue weighted by molar-refractivity contribution is 5.85. The number of ether oxygens (including phenoxy) is 1. The molecule has 0 aliphatic rings. The molecule has 2 heterocycles. The Bertz CT molecular complexity index is 875. The average molecular weight is 324 g/mol. The Morgan fingerprint density at radius 2 is 2.21 bits per heavy atom. The molecule has 8 heteroatoms. The van der Waals surface area contributed by atoms with Crippen LogP contribution in [0, 0.1) is 6.92 Å². The Morgan fingerprint density at radius 1 is 1.33 bits per heavy atom. The van der Waals surface area contributed by atoms with Crippen LogP contribution in [0.15, 0.2) is 48.1 Å². The lowest BCUT2D eigenvalue weighted by atomic mass is 10.2. The number of nitrogens with zero attached hydrogens (tertiary/aromatic N) is 5. The fraction of sp³-hybridized carbons (Fsp3) is 0.125. The van der Waals surface area contributed by atoms with Crippen LogP contribution < -0.4 is 10.2 Å². The number of nitrogens with one attached hydrogen (secondary N) is 1. The third-order valence-electron chi connectivity index (χ3n) is 3.23. The van der Waals surface area contributed by atoms with Crippen molar-refractivity contribution in [2.75, 3.05) is 12.5 Å². The maximum Gasteiger partial charge on any atom is 0.166 e. The number of aromatic hydroxyl groups is 1. The highest BCUT2D eigenvalue weighted by atomic mass is 16.5. The van der Waals surface area contributed by atoms with E-state index in [-0.39, 0.29) is 5.75 Å². The lowest BCUT2D eigenvalue weighted by Crippen LogP contribution is -2.01. The van der Waals surface area contributed by atoms with Gasteiger partial charge < -0.3 is 9.84 Å². The number of hydrazone groups is 1. The van der Waals surface area contributed by atoms with Gasteiger partial charge in [-0.3, -0.25) is 5.43 Å². The van der Waals surface area contributed by atoms with Crippen LogP contribution in [0.2, 0.25) is 0 Å². The Kier molecular flexibility index (Phi) is 4.37. The van der Waals surface area contributed by atoms with E-state index in [4.69, 9.17) is 4.74 Å². The predicted octanol–water partition coefficient (Wildman–Crippen LogP) is 2.13. The number of hydrogen-bond donors (Lipinski definition) is 2. The number of benzene rings is 1. The molecule has 0 radical (unpaired) electrons. The smallest absolute Gasteiger partial charge is 0.166 e. The Balaban J connectivity index is 1.75. The van der Waals surface area contributed by atoms with E-state index < -0.39 is 0 Å². The molecule has 122 valence electrons. The molecule has 0 aliphatic carbocycles. The zero-order valence-corrected chi connectivity index (χ0v) is 13.2. The van der Waals surface area contributed by atoms with Gasteiger partial charge >= 0.3 is 0 Å². The first kappa shape index (κ1) is 15.5. The minimum Gasteiger partial charge on any atom is -0.504 e. The number of hydrogen-bond acceptors (Lipinski definition) is 7. The van der Waals surface area contributed by atoms with Gasteiger partial charge in [0.2, 0.25) is 0 Å². The number of phenolic OH excluding ortho intramolecular Hbond substituents is 1. The number of methoxy groups -OCH3 is 1. The first-order valence-corrected chi connectivity index (χ1v) is 7.16. The minimum absolute atomic E-state index is 0.0287. The molecule has 0 saturated carbocycles. The molecule has 0 amide bonds. The molecule has 8 nitrogen and oxygen atoms in total. The van der Waals surface area contributed by atoms with Crippen molar-refractivity contribution < 1.29 is 9.84 Å². The summed E-state index contributed by atoms with van der Waals surface area (Å²) in [6, 6.07) is 6.88. The van der Waals surface area contributed by atoms with Gasteiger partial charge in [-0.05, 0) is 24.6 Å². The maximum absolute atomic E-state index is 10.00. The normalized spacial score (nSPS) is 10.9. The average Bonchev–Trinajstić information content (AvgIpc) is 3.03. The summed E-state index contributed by atoms with van der Waals surface area (Å²) in [5.41, 5.74) is 4.36. The van der Waals surface area contributed by atoms with Crippen LogP contribution in [0.1, 0.15) is 11.1 Å². The molecule has 0 saturated heterocycles. The molecule has 0 aliphatic heterocycles. The number of para-hydroxylation sites is 1. The number of anilines is 1. The second kappa shape index (κ2) is 6.78. The van der Waals surface area contributed by atoms with Crippen molar-refractivity contribution >= 4 is 12.0 Å². The van der Waals surface area contributed by atoms with Crippen molar-refractivity contribution in [2.45, 2.75) is 6.92 Å². The molecule has 3 aromatic rings. The van der Waals surface area contributed by atoms with Crippen molar-refractivity contribution in [3.63, 3.8) is 0 Å². The topological polar surface area (TPSA) is 97.5 Å². The molecule has 3 rings (SSSR count). The number of phenols is 1. The summed E-state index contributed by atoms with van der Waals surface area (Å²) in [7, 11) is 1.49. The largest absolute Gasteiger partial charge is 0.504 e. The molecule has 0 unspecified atom stereocenters. The third-order valence-corrected chi connectivity index (χ3v) is 3.23. The van der Waals surface area contributed by atoms with Crippen molar-refractivity contribution in [3.05, 3.63) is 54.1 Å². The highest BCUT2D eigenvalue weighted by Gasteiger charge is 2.05. The third kappa shape index (κ3) is 3.32. The second-order valence-corrected chi connectivity index (χ2v) is 4.99. The van der Waals surface area contributed by atoms with Crippen molar-refractivity contribution in [1.82, 2.24) is 19.7 Å². The standard InChI is InChI=1S/C16H16N6O2/c1-11-7-20-22(9-11)15-6-14(17-10-18-15)21-19-8-12-4-3-5-13(24-2)16(12)23/h3-10,23H,1-2H3,(H,17,18,21). The van der Waals surface area contributed by atoms with Crippen LogP contribution in [0.4, 0.5) is 5.82 Å². The summed E-state index contributed by atoms with van der Waals surface area (Å²) in [6.07, 6.45) is 6.52. The van der Waals surface area contributed by atoms with Gasteiger partial charge in [-0.2, -0.15) is 10.2 Å². The second-order valence-electron chi connectivity index (χ2n) is 4.99. The summed E-state index contributed by atoms with van der Waals surface area (Å²) in [6.45, 7) is 1.95. The van der Waals surface area contributed by atoms with E-state index in [1.54, 1.807) is 35.1 Å². The molecule has 2 N–H and O–H groups in total. The fourth-order valence-corrected chi connectivity index (χ4v) is 2.05. The van der Waals surface area contributed by atoms with Gasteiger partial charge in [0.1, 0.15) is 6.33 Å². The van der Waals surface area contributed by atoms with Gasteiger partial charge in [-0.15, -0.1) is 0 Å². The van der Waals surface area contributed by atoms with Gasteiger partial charge in [-0.25, -0.2) is 14.6 Å². The summed E-state index contributed by atoms with van der Waals surface area (Å²) < 4.78 is 6.71. The Morgan fingerprint density at radius 3 is 2.96 bits per heavy atom. The first-order chi connectivity index (χ1) is 11.7. The monoisotopic (exact) mass is 324 g/mol. The summed E-state index contributed by atoms with van der Waals surface area (Å²) in [5, 5.41) is 18.3. The van der Waals surface area contributed by atoms with E-state index in [1.807, 2.05) is 13.1 Å². The molecule has 24 heavy (non-hydrogen) atoms. The van der Waals surface area contributed by atoms with E-state index >= 15 is 0 Å². The van der Waals surface area contributed by atoms with Crippen LogP contribution in [0.5, 0.6) is 11.5 Å². The summed E-state index contributed by atoms with van der Waals surface area (Å²) in [4.78, 5) is 8.26. The molecular formula is C16H16N6O2. The molecule has 0 spiro atoms. The van der Waals surface area contributed by atoms with Crippen LogP contribution in [-0.2, 0) is 0 Å². The van der Waals surface area contributed by atoms with Crippen LogP contribution in [-0.4, -0.2) is 38.2 Å². The first-order valence-electron chi connectivity index (χ1n) is 7.16. The molecule has 1 aromatic carbocycles. The summed E-state index contributed by atoms with van der Waals surface area (Å²) in [5.74, 6) is 1.55. The number of aromatic nitrogens is 4. The van der Waals surface area contributed by atoms with E-state index in [0.29, 0.717) is 22.9 Å². The quantitative estimate of drug-likeness (QED) is 0.551. The molecule has 0 fully saturated rings. The fourth-order valence-electron chi connectivity index (χ4n) is 2.05. The number of aryl methyl sites for hydroxylation is 1. The van der Waals surface area contributed by atoms with Crippen molar-refractivity contribution in [3.8, 4) is 17.3 Å². The van der Waals surface area contributed by atoms with Crippen LogP contribution >= 0.6 is 0 Å². The Labute approximate surface area is 138 Å². The molecule has 0 bridgehead atoms. The lowest BCUT2D eigenvalue weighted by Gasteiger charge is -2.05. The SMILES string of the molecule is COc1cccc(C=NNc2cc(-n3cc(C)cn3)ncn2)c1O. The minimum atomic E-state index is 0.0287. The van der Waals surface area contributed by atoms with Gasteiger partial charge in [-0.1, -0.05) is 6.07 Å². The van der Waals surface area contributed by atoms with E-state index in [0.717, 1.165) is 5.56 Å². The van der Waals surface area contributed by atoms with Crippen molar-refractivity contribution in [2.24, 2.45) is 5.10 Å². The van der Waals surface area contributed by atoms with E-state index in [9.17, 15) is 5.11 Å². The van der Waals surface area contributed by atoms with Gasteiger partial charge in [0, 0.05) is 17.8 Å². The summed E-state index contributed by atoms with van der Waals surface area (Å²) >= 11 is 0. The predicted molar refractivity (Wildman–Crippen MR) is 89.8 cm³/mol. The zero-order valence-electron chi connectivity index (χ0n) is 13.2. The van der Waals surface area contributed by atoms with Crippen molar-refractivity contribution in [1.29, 1.82) is 0 Å². The van der Waals surface area contributed by atoms with E-state index in [1.165, 1.54) is 19.7 Å². The zero-order chi connectivity index (χ0) is 16.9. The van der Waals surface area contributed by atoms with Gasteiger partial charge in [0.05, 0.1) is 19.5 Å². The van der Waals surface area contributed by atoms with Crippen LogP contribution in [0.25, 0.3) is 5.82 Å². The Hall–Kier alpha value is -3.42. The maximum atomic E-state index is 10.00. The van der Waals surface area contributed by atoms with Crippen LogP contribution in [0.3, 0.4) is 0 Å². The van der Waals surface area contributed by atoms with Gasteiger partial charge in [0.25, 0.3) is 0 Å². The molecular weight excluding hydrogens is 308 g/mol. The molecule has 2 aromatic heterocycles. The molecule has 0 atom stereocenters. The lowest BCUT2D eigenvalue weighted by molar-refractivity contribution is 0.373. The highest BCUT2D eigenvalue weighted by Crippen LogP contribution is 2.27. The van der Waals surface area contributed by atoms with Gasteiger partial charge in [0.15, 0.2) is 23.1 Å². The number of rotatable bonds is 5.